The van der Waals surface area contributed by atoms with E-state index in [2.05, 4.69) is 4.74 Å². The fourth-order valence-corrected chi connectivity index (χ4v) is 1.09. The lowest BCUT2D eigenvalue weighted by Gasteiger charge is -2.08. The first-order chi connectivity index (χ1) is 7.79. The van der Waals surface area contributed by atoms with Gasteiger partial charge in [-0.05, 0) is 6.07 Å². The molecular weight excluding hydrogens is 243 g/mol. The predicted octanol–water partition coefficient (Wildman–Crippen LogP) is 1.08. The number of carboxylic acid groups (broad SMARTS) is 1. The van der Waals surface area contributed by atoms with E-state index in [-0.39, 0.29) is 12.1 Å². The van der Waals surface area contributed by atoms with Gasteiger partial charge in [-0.2, -0.15) is 0 Å². The normalized spacial score (nSPS) is 11.5. The number of nitrogens with zero attached hydrogens (tertiary/aromatic N) is 1. The van der Waals surface area contributed by atoms with Gasteiger partial charge in [-0.3, -0.25) is 9.53 Å². The molecule has 0 fully saturated rings. The van der Waals surface area contributed by atoms with Crippen molar-refractivity contribution in [2.45, 2.75) is 12.9 Å². The number of rotatable bonds is 4. The summed E-state index contributed by atoms with van der Waals surface area (Å²) in [5, 5.41) is 8.56. The molecule has 0 aromatic carbocycles. The molecule has 0 radical (unpaired) electrons. The number of aromatic carboxylic acids is 1. The second kappa shape index (κ2) is 5.00. The van der Waals surface area contributed by atoms with Gasteiger partial charge >= 0.3 is 12.3 Å². The van der Waals surface area contributed by atoms with E-state index in [0.717, 1.165) is 22.9 Å². The Hall–Kier alpha value is -1.83. The number of pyridine rings is 1. The minimum Gasteiger partial charge on any atom is -0.478 e. The maximum absolute atomic E-state index is 11.6. The quantitative estimate of drug-likeness (QED) is 0.869. The monoisotopic (exact) mass is 251 g/mol. The molecule has 0 atom stereocenters. The minimum absolute atomic E-state index is 0.219. The van der Waals surface area contributed by atoms with E-state index in [1.54, 1.807) is 0 Å². The second-order valence-corrected chi connectivity index (χ2v) is 3.05. The van der Waals surface area contributed by atoms with Crippen LogP contribution in [0.1, 0.15) is 10.4 Å². The maximum atomic E-state index is 11.6. The van der Waals surface area contributed by atoms with Crippen LogP contribution in [0.2, 0.25) is 0 Å². The van der Waals surface area contributed by atoms with Crippen LogP contribution in [-0.2, 0) is 11.3 Å². The molecule has 1 N–H and O–H groups in total. The molecule has 1 heterocycles. The van der Waals surface area contributed by atoms with Gasteiger partial charge in [0.05, 0.1) is 12.2 Å². The fraction of sp³-hybridized carbons (Fsp3) is 0.333. The highest BCUT2D eigenvalue weighted by atomic mass is 19.4. The molecule has 0 spiro atoms. The third kappa shape index (κ3) is 4.27. The van der Waals surface area contributed by atoms with Crippen LogP contribution >= 0.6 is 0 Å². The molecule has 1 aromatic rings. The van der Waals surface area contributed by atoms with Crippen molar-refractivity contribution in [3.63, 3.8) is 0 Å². The zero-order chi connectivity index (χ0) is 13.1. The number of hydrogen-bond donors (Lipinski definition) is 1. The lowest BCUT2D eigenvalue weighted by molar-refractivity contribution is -0.325. The summed E-state index contributed by atoms with van der Waals surface area (Å²) in [4.78, 5) is 21.8. The number of ether oxygens (including phenoxy) is 1. The van der Waals surface area contributed by atoms with Gasteiger partial charge in [0.1, 0.15) is 0 Å². The molecule has 1 rings (SSSR count). The SMILES string of the molecule is O=C(O)c1ccn(CCOC(F)(F)F)c(=O)c1. The lowest BCUT2D eigenvalue weighted by atomic mass is 10.3. The van der Waals surface area contributed by atoms with Crippen molar-refractivity contribution < 1.29 is 27.8 Å². The molecule has 0 aliphatic rings. The van der Waals surface area contributed by atoms with E-state index in [1.807, 2.05) is 0 Å². The van der Waals surface area contributed by atoms with E-state index < -0.39 is 24.5 Å². The first kappa shape index (κ1) is 13.2. The van der Waals surface area contributed by atoms with Gasteiger partial charge in [0.2, 0.25) is 0 Å². The number of carbonyl (C=O) groups is 1. The zero-order valence-corrected chi connectivity index (χ0v) is 8.40. The predicted molar refractivity (Wildman–Crippen MR) is 49.7 cm³/mol. The summed E-state index contributed by atoms with van der Waals surface area (Å²) in [5.74, 6) is -1.28. The molecule has 94 valence electrons. The molecule has 8 heteroatoms. The van der Waals surface area contributed by atoms with Crippen LogP contribution in [-0.4, -0.2) is 28.6 Å². The lowest BCUT2D eigenvalue weighted by Crippen LogP contribution is -2.24. The standard InChI is InChI=1S/C9H8F3NO4/c10-9(11,12)17-4-3-13-2-1-6(8(15)16)5-7(13)14/h1-2,5H,3-4H2,(H,15,16). The van der Waals surface area contributed by atoms with Gasteiger partial charge in [0.15, 0.2) is 0 Å². The fourth-order valence-electron chi connectivity index (χ4n) is 1.09. The van der Waals surface area contributed by atoms with Crippen molar-refractivity contribution in [1.82, 2.24) is 4.57 Å². The molecule has 0 amide bonds. The van der Waals surface area contributed by atoms with Gasteiger partial charge in [0, 0.05) is 18.8 Å². The number of alkyl halides is 3. The highest BCUT2D eigenvalue weighted by Gasteiger charge is 2.28. The van der Waals surface area contributed by atoms with Crippen molar-refractivity contribution in [3.8, 4) is 0 Å². The van der Waals surface area contributed by atoms with E-state index in [9.17, 15) is 22.8 Å². The zero-order valence-electron chi connectivity index (χ0n) is 8.40. The third-order valence-electron chi connectivity index (χ3n) is 1.84. The number of halogens is 3. The van der Waals surface area contributed by atoms with Crippen molar-refractivity contribution >= 4 is 5.97 Å². The highest BCUT2D eigenvalue weighted by molar-refractivity contribution is 5.87. The summed E-state index contributed by atoms with van der Waals surface area (Å²) in [6, 6.07) is 1.95. The van der Waals surface area contributed by atoms with Crippen LogP contribution in [0.5, 0.6) is 0 Å². The van der Waals surface area contributed by atoms with E-state index >= 15 is 0 Å². The van der Waals surface area contributed by atoms with Gasteiger partial charge in [0.25, 0.3) is 5.56 Å². The Morgan fingerprint density at radius 3 is 2.59 bits per heavy atom. The summed E-state index contributed by atoms with van der Waals surface area (Å²) in [6.07, 6.45) is -3.64. The van der Waals surface area contributed by atoms with E-state index in [1.165, 1.54) is 0 Å². The summed E-state index contributed by atoms with van der Waals surface area (Å²) >= 11 is 0. The summed E-state index contributed by atoms with van der Waals surface area (Å²) in [7, 11) is 0. The highest BCUT2D eigenvalue weighted by Crippen LogP contribution is 2.15. The van der Waals surface area contributed by atoms with E-state index in [0.29, 0.717) is 0 Å². The maximum Gasteiger partial charge on any atom is 0.522 e. The van der Waals surface area contributed by atoms with Gasteiger partial charge in [-0.25, -0.2) is 4.79 Å². The Morgan fingerprint density at radius 1 is 1.47 bits per heavy atom. The molecule has 0 aliphatic heterocycles. The van der Waals surface area contributed by atoms with E-state index in [4.69, 9.17) is 5.11 Å². The van der Waals surface area contributed by atoms with Crippen LogP contribution in [0.25, 0.3) is 0 Å². The van der Waals surface area contributed by atoms with Crippen LogP contribution in [0.3, 0.4) is 0 Å². The molecule has 0 saturated carbocycles. The van der Waals surface area contributed by atoms with Gasteiger partial charge in [-0.15, -0.1) is 13.2 Å². The first-order valence-corrected chi connectivity index (χ1v) is 4.44. The van der Waals surface area contributed by atoms with Crippen molar-refractivity contribution in [2.24, 2.45) is 0 Å². The van der Waals surface area contributed by atoms with Crippen LogP contribution < -0.4 is 5.56 Å². The van der Waals surface area contributed by atoms with Crippen molar-refractivity contribution in [3.05, 3.63) is 34.2 Å². The summed E-state index contributed by atoms with van der Waals surface area (Å²) in [5.41, 5.74) is -0.918. The van der Waals surface area contributed by atoms with Gasteiger partial charge in [-0.1, -0.05) is 0 Å². The Balaban J connectivity index is 2.68. The minimum atomic E-state index is -4.75. The Bertz CT molecular complexity index is 466. The molecule has 0 saturated heterocycles. The smallest absolute Gasteiger partial charge is 0.478 e. The molecule has 0 aliphatic carbocycles. The van der Waals surface area contributed by atoms with Gasteiger partial charge < -0.3 is 9.67 Å². The largest absolute Gasteiger partial charge is 0.522 e. The molecule has 0 unspecified atom stereocenters. The number of hydrogen-bond acceptors (Lipinski definition) is 3. The Labute approximate surface area is 93.0 Å². The number of carboxylic acids is 1. The number of aromatic nitrogens is 1. The average molecular weight is 251 g/mol. The Kier molecular flexibility index (Phi) is 3.89. The molecule has 1 aromatic heterocycles. The topological polar surface area (TPSA) is 68.5 Å². The Morgan fingerprint density at radius 2 is 2.12 bits per heavy atom. The third-order valence-corrected chi connectivity index (χ3v) is 1.84. The van der Waals surface area contributed by atoms with Crippen LogP contribution in [0, 0.1) is 0 Å². The second-order valence-electron chi connectivity index (χ2n) is 3.05. The summed E-state index contributed by atoms with van der Waals surface area (Å²) in [6.45, 7) is -1.02. The van der Waals surface area contributed by atoms with Crippen LogP contribution in [0.15, 0.2) is 23.1 Å². The molecule has 17 heavy (non-hydrogen) atoms. The van der Waals surface area contributed by atoms with Crippen molar-refractivity contribution in [2.75, 3.05) is 6.61 Å². The molecule has 0 bridgehead atoms. The first-order valence-electron chi connectivity index (χ1n) is 4.44. The molecular formula is C9H8F3NO4. The average Bonchev–Trinajstić information content (AvgIpc) is 2.18. The van der Waals surface area contributed by atoms with Crippen molar-refractivity contribution in [1.29, 1.82) is 0 Å². The van der Waals surface area contributed by atoms with Crippen LogP contribution in [0.4, 0.5) is 13.2 Å². The molecule has 5 nitrogen and oxygen atoms in total. The summed E-state index contributed by atoms with van der Waals surface area (Å²) < 4.78 is 39.3.